The van der Waals surface area contributed by atoms with Crippen molar-refractivity contribution in [3.63, 3.8) is 0 Å². The van der Waals surface area contributed by atoms with Crippen molar-refractivity contribution in [3.05, 3.63) is 35.4 Å². The SMILES string of the molecule is CCOC(=O)NC(=O)COC(=O)[C@H](CC(C)C)N1C(=O)c2ccccc2C1=O. The average Bonchev–Trinajstić information content (AvgIpc) is 2.89. The first-order valence-corrected chi connectivity index (χ1v) is 8.86. The molecule has 0 saturated heterocycles. The Hall–Kier alpha value is -3.23. The van der Waals surface area contributed by atoms with Crippen LogP contribution in [0.1, 0.15) is 47.9 Å². The van der Waals surface area contributed by atoms with Crippen molar-refractivity contribution in [2.24, 2.45) is 5.92 Å². The Morgan fingerprint density at radius 1 is 1.04 bits per heavy atom. The Morgan fingerprint density at radius 3 is 2.11 bits per heavy atom. The van der Waals surface area contributed by atoms with Gasteiger partial charge in [0.05, 0.1) is 17.7 Å². The summed E-state index contributed by atoms with van der Waals surface area (Å²) in [6.07, 6.45) is -0.785. The molecule has 1 heterocycles. The van der Waals surface area contributed by atoms with E-state index < -0.39 is 42.4 Å². The molecule has 2 rings (SSSR count). The maximum Gasteiger partial charge on any atom is 0.413 e. The first-order valence-electron chi connectivity index (χ1n) is 8.86. The molecule has 0 unspecified atom stereocenters. The summed E-state index contributed by atoms with van der Waals surface area (Å²) in [4.78, 5) is 61.6. The highest BCUT2D eigenvalue weighted by Gasteiger charge is 2.43. The van der Waals surface area contributed by atoms with Crippen LogP contribution < -0.4 is 5.32 Å². The molecule has 0 radical (unpaired) electrons. The number of amides is 4. The number of carbonyl (C=O) groups excluding carboxylic acids is 5. The van der Waals surface area contributed by atoms with E-state index in [0.717, 1.165) is 4.90 Å². The van der Waals surface area contributed by atoms with Crippen molar-refractivity contribution in [2.75, 3.05) is 13.2 Å². The number of alkyl carbamates (subject to hydrolysis) is 1. The molecule has 0 aromatic heterocycles. The molecule has 4 amide bonds. The standard InChI is InChI=1S/C19H22N2O7/c1-4-27-19(26)20-15(22)10-28-18(25)14(9-11(2)3)21-16(23)12-7-5-6-8-13(12)17(21)24/h5-8,11,14H,4,9-10H2,1-3H3,(H,20,22,26)/t14-/m0/s1. The van der Waals surface area contributed by atoms with E-state index in [4.69, 9.17) is 4.74 Å². The van der Waals surface area contributed by atoms with E-state index in [1.807, 2.05) is 19.2 Å². The summed E-state index contributed by atoms with van der Waals surface area (Å²) in [5, 5.41) is 1.89. The summed E-state index contributed by atoms with van der Waals surface area (Å²) in [5.41, 5.74) is 0.434. The Bertz CT molecular complexity index is 768. The van der Waals surface area contributed by atoms with Crippen molar-refractivity contribution >= 4 is 29.8 Å². The maximum atomic E-state index is 12.6. The fourth-order valence-electron chi connectivity index (χ4n) is 2.79. The molecule has 1 aliphatic rings. The molecule has 150 valence electrons. The zero-order valence-electron chi connectivity index (χ0n) is 15.9. The highest BCUT2D eigenvalue weighted by molar-refractivity contribution is 6.22. The van der Waals surface area contributed by atoms with E-state index in [1.165, 1.54) is 12.1 Å². The lowest BCUT2D eigenvalue weighted by Gasteiger charge is -2.25. The van der Waals surface area contributed by atoms with Crippen LogP contribution >= 0.6 is 0 Å². The van der Waals surface area contributed by atoms with Gasteiger partial charge >= 0.3 is 12.1 Å². The van der Waals surface area contributed by atoms with Crippen molar-refractivity contribution in [1.29, 1.82) is 0 Å². The summed E-state index contributed by atoms with van der Waals surface area (Å²) >= 11 is 0. The van der Waals surface area contributed by atoms with Crippen LogP contribution in [-0.2, 0) is 19.1 Å². The van der Waals surface area contributed by atoms with Gasteiger partial charge in [-0.15, -0.1) is 0 Å². The van der Waals surface area contributed by atoms with Crippen LogP contribution in [0.25, 0.3) is 0 Å². The molecular formula is C19H22N2O7. The number of benzene rings is 1. The average molecular weight is 390 g/mol. The van der Waals surface area contributed by atoms with Crippen LogP contribution in [0.3, 0.4) is 0 Å². The van der Waals surface area contributed by atoms with E-state index in [-0.39, 0.29) is 30.1 Å². The molecule has 1 aliphatic heterocycles. The van der Waals surface area contributed by atoms with Crippen molar-refractivity contribution in [3.8, 4) is 0 Å². The van der Waals surface area contributed by atoms with Gasteiger partial charge in [-0.2, -0.15) is 0 Å². The van der Waals surface area contributed by atoms with E-state index >= 15 is 0 Å². The summed E-state index contributed by atoms with van der Waals surface area (Å²) < 4.78 is 9.50. The molecule has 9 nitrogen and oxygen atoms in total. The topological polar surface area (TPSA) is 119 Å². The third-order valence-corrected chi connectivity index (χ3v) is 3.97. The van der Waals surface area contributed by atoms with Gasteiger partial charge in [0.15, 0.2) is 6.61 Å². The second kappa shape index (κ2) is 9.12. The monoisotopic (exact) mass is 390 g/mol. The molecule has 1 aromatic carbocycles. The number of imide groups is 2. The van der Waals surface area contributed by atoms with Crippen molar-refractivity contribution in [2.45, 2.75) is 33.2 Å². The fraction of sp³-hybridized carbons (Fsp3) is 0.421. The normalized spacial score (nSPS) is 13.9. The zero-order chi connectivity index (χ0) is 20.8. The van der Waals surface area contributed by atoms with Crippen LogP contribution in [0.15, 0.2) is 24.3 Å². The van der Waals surface area contributed by atoms with Crippen LogP contribution in [0.4, 0.5) is 4.79 Å². The van der Waals surface area contributed by atoms with Gasteiger partial charge in [0.1, 0.15) is 6.04 Å². The number of ether oxygens (including phenoxy) is 2. The number of carbonyl (C=O) groups is 5. The molecule has 0 aliphatic carbocycles. The number of nitrogens with one attached hydrogen (secondary N) is 1. The minimum absolute atomic E-state index is 0.0322. The lowest BCUT2D eigenvalue weighted by atomic mass is 10.0. The summed E-state index contributed by atoms with van der Waals surface area (Å²) in [6, 6.07) is 5.11. The second-order valence-electron chi connectivity index (χ2n) is 6.55. The Kier molecular flexibility index (Phi) is 6.86. The summed E-state index contributed by atoms with van der Waals surface area (Å²) in [7, 11) is 0. The third kappa shape index (κ3) is 4.73. The maximum absolute atomic E-state index is 12.6. The van der Waals surface area contributed by atoms with Gasteiger partial charge in [0, 0.05) is 0 Å². The predicted molar refractivity (Wildman–Crippen MR) is 96.3 cm³/mol. The second-order valence-corrected chi connectivity index (χ2v) is 6.55. The zero-order valence-corrected chi connectivity index (χ0v) is 15.9. The molecule has 9 heteroatoms. The van der Waals surface area contributed by atoms with Crippen LogP contribution in [-0.4, -0.2) is 53.9 Å². The van der Waals surface area contributed by atoms with Gasteiger partial charge in [-0.3, -0.25) is 24.6 Å². The van der Waals surface area contributed by atoms with Gasteiger partial charge in [-0.25, -0.2) is 9.59 Å². The summed E-state index contributed by atoms with van der Waals surface area (Å²) in [5.74, 6) is -2.98. The minimum atomic E-state index is -1.18. The van der Waals surface area contributed by atoms with Crippen molar-refractivity contribution in [1.82, 2.24) is 10.2 Å². The van der Waals surface area contributed by atoms with Gasteiger partial charge in [-0.05, 0) is 31.4 Å². The van der Waals surface area contributed by atoms with Gasteiger partial charge in [0.2, 0.25) is 0 Å². The lowest BCUT2D eigenvalue weighted by molar-refractivity contribution is -0.152. The number of fused-ring (bicyclic) bond motifs is 1. The van der Waals surface area contributed by atoms with Gasteiger partial charge < -0.3 is 9.47 Å². The number of nitrogens with zero attached hydrogens (tertiary/aromatic N) is 1. The van der Waals surface area contributed by atoms with Crippen molar-refractivity contribution < 1.29 is 33.4 Å². The lowest BCUT2D eigenvalue weighted by Crippen LogP contribution is -2.47. The molecule has 0 bridgehead atoms. The van der Waals surface area contributed by atoms with E-state index in [0.29, 0.717) is 0 Å². The van der Waals surface area contributed by atoms with Gasteiger partial charge in [-0.1, -0.05) is 26.0 Å². The smallest absolute Gasteiger partial charge is 0.413 e. The Labute approximate surface area is 162 Å². The fourth-order valence-corrected chi connectivity index (χ4v) is 2.79. The minimum Gasteiger partial charge on any atom is -0.454 e. The number of hydrogen-bond donors (Lipinski definition) is 1. The van der Waals surface area contributed by atoms with Crippen LogP contribution in [0.2, 0.25) is 0 Å². The highest BCUT2D eigenvalue weighted by Crippen LogP contribution is 2.27. The van der Waals surface area contributed by atoms with E-state index in [9.17, 15) is 24.0 Å². The Balaban J connectivity index is 2.11. The number of rotatable bonds is 7. The van der Waals surface area contributed by atoms with E-state index in [1.54, 1.807) is 19.1 Å². The molecular weight excluding hydrogens is 368 g/mol. The first kappa shape index (κ1) is 21.1. The molecule has 28 heavy (non-hydrogen) atoms. The quantitative estimate of drug-likeness (QED) is 0.554. The van der Waals surface area contributed by atoms with Gasteiger partial charge in [0.25, 0.3) is 17.7 Å². The predicted octanol–water partition coefficient (Wildman–Crippen LogP) is 1.51. The number of hydrogen-bond acceptors (Lipinski definition) is 7. The number of esters is 1. The third-order valence-electron chi connectivity index (χ3n) is 3.97. The summed E-state index contributed by atoms with van der Waals surface area (Å²) in [6.45, 7) is 4.56. The highest BCUT2D eigenvalue weighted by atomic mass is 16.6. The molecule has 0 spiro atoms. The van der Waals surface area contributed by atoms with E-state index in [2.05, 4.69) is 4.74 Å². The Morgan fingerprint density at radius 2 is 1.61 bits per heavy atom. The molecule has 0 fully saturated rings. The largest absolute Gasteiger partial charge is 0.454 e. The molecule has 0 saturated carbocycles. The first-order chi connectivity index (χ1) is 13.3. The molecule has 1 aromatic rings. The molecule has 1 atom stereocenters. The van der Waals surface area contributed by atoms with Crippen LogP contribution in [0.5, 0.6) is 0 Å². The molecule has 1 N–H and O–H groups in total. The van der Waals surface area contributed by atoms with Crippen LogP contribution in [0, 0.1) is 5.92 Å².